The molecule has 0 aromatic heterocycles. The van der Waals surface area contributed by atoms with Gasteiger partial charge in [0.15, 0.2) is 0 Å². The zero-order chi connectivity index (χ0) is 11.5. The molecule has 7 nitrogen and oxygen atoms in total. The van der Waals surface area contributed by atoms with Crippen molar-refractivity contribution in [3.8, 4) is 0 Å². The van der Waals surface area contributed by atoms with Gasteiger partial charge in [0, 0.05) is 19.6 Å². The molecule has 0 aromatic rings. The molecule has 0 saturated carbocycles. The first kappa shape index (κ1) is 17.0. The minimum absolute atomic E-state index is 0. The molecule has 0 aliphatic carbocycles. The van der Waals surface area contributed by atoms with E-state index in [2.05, 4.69) is 0 Å². The summed E-state index contributed by atoms with van der Waals surface area (Å²) in [6.07, 6.45) is -1.52. The normalized spacial score (nSPS) is 22.2. The van der Waals surface area contributed by atoms with E-state index in [0.29, 0.717) is 26.3 Å². The Morgan fingerprint density at radius 2 is 1.75 bits per heavy atom. The summed E-state index contributed by atoms with van der Waals surface area (Å²) in [6, 6.07) is 0. The first-order chi connectivity index (χ1) is 6.91. The first-order valence-electron chi connectivity index (χ1n) is 4.54. The Labute approximate surface area is 124 Å². The van der Waals surface area contributed by atoms with Gasteiger partial charge in [-0.15, -0.1) is 0 Å². The van der Waals surface area contributed by atoms with Gasteiger partial charge < -0.3 is 14.9 Å². The third-order valence-corrected chi connectivity index (χ3v) is 3.11. The van der Waals surface area contributed by atoms with E-state index >= 15 is 0 Å². The van der Waals surface area contributed by atoms with Crippen molar-refractivity contribution >= 4 is 47.9 Å². The summed E-state index contributed by atoms with van der Waals surface area (Å²) in [5, 5.41) is 18.4. The van der Waals surface area contributed by atoms with Crippen LogP contribution in [0, 0.1) is 0 Å². The third-order valence-electron chi connectivity index (χ3n) is 2.18. The van der Waals surface area contributed by atoms with Crippen LogP contribution in [-0.2, 0) is 14.9 Å². The Kier molecular flexibility index (Phi) is 7.92. The van der Waals surface area contributed by atoms with E-state index < -0.39 is 21.7 Å². The van der Waals surface area contributed by atoms with Crippen molar-refractivity contribution in [1.29, 1.82) is 0 Å². The van der Waals surface area contributed by atoms with Gasteiger partial charge in [0.05, 0.1) is 13.2 Å². The summed E-state index contributed by atoms with van der Waals surface area (Å²) in [7, 11) is -4.61. The summed E-state index contributed by atoms with van der Waals surface area (Å²) in [5.74, 6) is 0. The Morgan fingerprint density at radius 3 is 2.19 bits per heavy atom. The number of aliphatic hydroxyl groups is 2. The van der Waals surface area contributed by atoms with Crippen molar-refractivity contribution in [3.63, 3.8) is 0 Å². The van der Waals surface area contributed by atoms with Gasteiger partial charge in [-0.05, 0) is 0 Å². The average Bonchev–Trinajstić information content (AvgIpc) is 2.16. The summed E-state index contributed by atoms with van der Waals surface area (Å²) in [4.78, 5) is 1.75. The van der Waals surface area contributed by atoms with Crippen molar-refractivity contribution in [3.05, 3.63) is 0 Å². The predicted molar refractivity (Wildman–Crippen MR) is 59.4 cm³/mol. The molecule has 0 spiro atoms. The van der Waals surface area contributed by atoms with E-state index in [0.717, 1.165) is 0 Å². The molecule has 2 atom stereocenters. The Bertz CT molecular complexity index is 291. The van der Waals surface area contributed by atoms with Crippen molar-refractivity contribution in [2.24, 2.45) is 0 Å². The second kappa shape index (κ2) is 7.45. The van der Waals surface area contributed by atoms with Crippen molar-refractivity contribution in [2.45, 2.75) is 11.5 Å². The molecule has 1 aliphatic heterocycles. The molecule has 1 heterocycles. The molecular formula is C7H17CaNO6S. The summed E-state index contributed by atoms with van der Waals surface area (Å²) >= 11 is 0. The number of aliphatic hydroxyl groups excluding tert-OH is 2. The van der Waals surface area contributed by atoms with Crippen LogP contribution >= 0.6 is 0 Å². The first-order valence-corrected chi connectivity index (χ1v) is 6.04. The van der Waals surface area contributed by atoms with Crippen LogP contribution in [0.5, 0.6) is 0 Å². The monoisotopic (exact) mass is 283 g/mol. The summed E-state index contributed by atoms with van der Waals surface area (Å²) < 4.78 is 34.6. The third kappa shape index (κ3) is 5.56. The van der Waals surface area contributed by atoms with Crippen LogP contribution < -0.4 is 0 Å². The van der Waals surface area contributed by atoms with Gasteiger partial charge >= 0.3 is 37.7 Å². The molecule has 1 saturated heterocycles. The van der Waals surface area contributed by atoms with Gasteiger partial charge in [0.2, 0.25) is 5.44 Å². The molecule has 0 radical (unpaired) electrons. The standard InChI is InChI=1S/C7H15NO6S.Ca.2H/c9-6(7(10)15(11,12)13)5-8-1-3-14-4-2-8;;;/h6-7,9-10H,1-5H2,(H,11,12,13);;;. The van der Waals surface area contributed by atoms with E-state index in [1.165, 1.54) is 0 Å². The van der Waals surface area contributed by atoms with Crippen molar-refractivity contribution in [1.82, 2.24) is 4.90 Å². The van der Waals surface area contributed by atoms with E-state index in [-0.39, 0.29) is 44.3 Å². The molecule has 3 N–H and O–H groups in total. The number of ether oxygens (including phenoxy) is 1. The second-order valence-corrected chi connectivity index (χ2v) is 4.90. The molecule has 1 aliphatic rings. The fourth-order valence-corrected chi connectivity index (χ4v) is 1.82. The zero-order valence-electron chi connectivity index (χ0n) is 8.11. The van der Waals surface area contributed by atoms with Crippen molar-refractivity contribution < 1.29 is 27.9 Å². The molecule has 0 amide bonds. The van der Waals surface area contributed by atoms with E-state index in [9.17, 15) is 13.5 Å². The van der Waals surface area contributed by atoms with Crippen molar-refractivity contribution in [2.75, 3.05) is 32.8 Å². The van der Waals surface area contributed by atoms with Gasteiger partial charge in [-0.3, -0.25) is 9.45 Å². The second-order valence-electron chi connectivity index (χ2n) is 3.39. The van der Waals surface area contributed by atoms with E-state index in [1.807, 2.05) is 0 Å². The molecule has 0 aromatic carbocycles. The number of nitrogens with zero attached hydrogens (tertiary/aromatic N) is 1. The van der Waals surface area contributed by atoms with E-state index in [4.69, 9.17) is 14.4 Å². The average molecular weight is 283 g/mol. The van der Waals surface area contributed by atoms with Crippen LogP contribution in [0.4, 0.5) is 0 Å². The fourth-order valence-electron chi connectivity index (χ4n) is 1.34. The molecule has 1 rings (SSSR count). The predicted octanol–water partition coefficient (Wildman–Crippen LogP) is -3.03. The van der Waals surface area contributed by atoms with Crippen LogP contribution in [-0.4, -0.2) is 110 Å². The number of hydrogen-bond acceptors (Lipinski definition) is 6. The Balaban J connectivity index is 0.00000225. The summed E-state index contributed by atoms with van der Waals surface area (Å²) in [5.41, 5.74) is -2.15. The maximum atomic E-state index is 10.5. The minimum atomic E-state index is -4.61. The van der Waals surface area contributed by atoms with Crippen LogP contribution in [0.25, 0.3) is 0 Å². The Morgan fingerprint density at radius 1 is 1.25 bits per heavy atom. The van der Waals surface area contributed by atoms with Gasteiger partial charge in [0.1, 0.15) is 6.10 Å². The number of morpholine rings is 1. The molecule has 94 valence electrons. The molecule has 2 unspecified atom stereocenters. The van der Waals surface area contributed by atoms with Crippen LogP contribution in [0.2, 0.25) is 0 Å². The van der Waals surface area contributed by atoms with Crippen LogP contribution in [0.3, 0.4) is 0 Å². The number of hydrogen-bond donors (Lipinski definition) is 3. The number of rotatable bonds is 4. The topological polar surface area (TPSA) is 107 Å². The molecule has 9 heteroatoms. The van der Waals surface area contributed by atoms with Gasteiger partial charge in [-0.2, -0.15) is 8.42 Å². The SMILES string of the molecule is O=S(=O)(O)C(O)C(O)CN1CCOCC1.[CaH2]. The Hall–Kier alpha value is 1.01. The van der Waals surface area contributed by atoms with Gasteiger partial charge in [-0.25, -0.2) is 0 Å². The van der Waals surface area contributed by atoms with Crippen LogP contribution in [0.15, 0.2) is 0 Å². The summed E-state index contributed by atoms with van der Waals surface area (Å²) in [6.45, 7) is 2.14. The van der Waals surface area contributed by atoms with Crippen LogP contribution in [0.1, 0.15) is 0 Å². The van der Waals surface area contributed by atoms with E-state index in [1.54, 1.807) is 4.90 Å². The number of β-amino-alcohol motifs (C(OH)–C–C–N with tert-alkyl or cyclic N) is 1. The quantitative estimate of drug-likeness (QED) is 0.372. The maximum absolute atomic E-state index is 10.5. The molecule has 16 heavy (non-hydrogen) atoms. The molecular weight excluding hydrogens is 266 g/mol. The van der Waals surface area contributed by atoms with Gasteiger partial charge in [-0.1, -0.05) is 0 Å². The zero-order valence-corrected chi connectivity index (χ0v) is 8.93. The van der Waals surface area contributed by atoms with Gasteiger partial charge in [0.25, 0.3) is 10.1 Å². The molecule has 1 fully saturated rings. The molecule has 0 bridgehead atoms. The fraction of sp³-hybridized carbons (Fsp3) is 1.00.